The third-order valence-corrected chi connectivity index (χ3v) is 7.77. The van der Waals surface area contributed by atoms with E-state index in [2.05, 4.69) is 154 Å². The Hall–Kier alpha value is -4.36. The second kappa shape index (κ2) is 13.1. The monoisotopic (exact) mass is 523 g/mol. The lowest BCUT2D eigenvalue weighted by Gasteiger charge is -2.30. The van der Waals surface area contributed by atoms with Crippen molar-refractivity contribution in [1.82, 2.24) is 5.32 Å². The maximum absolute atomic E-state index is 3.26. The van der Waals surface area contributed by atoms with E-state index in [4.69, 9.17) is 0 Å². The molecule has 0 bridgehead atoms. The van der Waals surface area contributed by atoms with Crippen molar-refractivity contribution in [3.05, 3.63) is 167 Å². The molecule has 0 fully saturated rings. The van der Waals surface area contributed by atoms with E-state index in [9.17, 15) is 0 Å². The van der Waals surface area contributed by atoms with Crippen LogP contribution in [-0.4, -0.2) is 7.05 Å². The molecule has 0 radical (unpaired) electrons. The fourth-order valence-electron chi connectivity index (χ4n) is 5.42. The van der Waals surface area contributed by atoms with E-state index in [1.165, 1.54) is 55.8 Å². The Balaban J connectivity index is 0.000000189. The highest BCUT2D eigenvalue weighted by Crippen LogP contribution is 2.50. The first-order valence-corrected chi connectivity index (χ1v) is 14.1. The number of benzene rings is 4. The average molecular weight is 524 g/mol. The number of nitrogens with one attached hydrogen (secondary N) is 1. The fraction of sp³-hybridized carbons (Fsp3) is 0.179. The Kier molecular flexibility index (Phi) is 9.40. The Morgan fingerprint density at radius 1 is 0.750 bits per heavy atom. The summed E-state index contributed by atoms with van der Waals surface area (Å²) in [7, 11) is 1.98. The molecule has 1 heteroatoms. The normalized spacial score (nSPS) is 16.7. The molecule has 0 saturated heterocycles. The van der Waals surface area contributed by atoms with Crippen molar-refractivity contribution < 1.29 is 0 Å². The second-order valence-electron chi connectivity index (χ2n) is 10.5. The number of rotatable bonds is 6. The predicted octanol–water partition coefficient (Wildman–Crippen LogP) is 10.2. The van der Waals surface area contributed by atoms with Crippen molar-refractivity contribution in [3.8, 4) is 11.1 Å². The molecular formula is C39H41N. The van der Waals surface area contributed by atoms with Crippen LogP contribution in [0.1, 0.15) is 55.5 Å². The maximum Gasteiger partial charge on any atom is 0.0432 e. The van der Waals surface area contributed by atoms with Gasteiger partial charge in [0, 0.05) is 18.2 Å². The molecule has 1 aliphatic rings. The van der Waals surface area contributed by atoms with Crippen molar-refractivity contribution in [2.75, 3.05) is 7.05 Å². The van der Waals surface area contributed by atoms with Crippen LogP contribution in [0.2, 0.25) is 0 Å². The molecule has 5 rings (SSSR count). The van der Waals surface area contributed by atoms with Crippen LogP contribution in [0, 0.1) is 6.92 Å². The Morgan fingerprint density at radius 3 is 2.12 bits per heavy atom. The number of allylic oxidation sites excluding steroid dienone is 7. The standard InChI is InChI=1S/C21H23N.C18H18/c1-15(22-4)14-20-16(2)18-12-8-9-13-19(18)21(20,3)17-10-6-5-7-11-17;1-3-4-5-8-16-10-12-17(13-11-16)18-9-6-7-15(2)14-18/h5-14,22H,1-4H3;3-14H,1-2H3/b15-14+;4-3-,8-5-. The summed E-state index contributed by atoms with van der Waals surface area (Å²) in [6, 6.07) is 36.8. The van der Waals surface area contributed by atoms with Crippen LogP contribution in [0.5, 0.6) is 0 Å². The van der Waals surface area contributed by atoms with Crippen LogP contribution in [-0.2, 0) is 5.41 Å². The SMILES string of the molecule is C/C=C\C=C/c1ccc(-c2cccc(C)c2)cc1.CN/C(C)=C/C1=C(C)c2ccccc2C1(C)c1ccccc1. The van der Waals surface area contributed by atoms with Gasteiger partial charge in [-0.25, -0.2) is 0 Å². The van der Waals surface area contributed by atoms with Crippen molar-refractivity contribution in [3.63, 3.8) is 0 Å². The smallest absolute Gasteiger partial charge is 0.0432 e. The zero-order valence-corrected chi connectivity index (χ0v) is 24.7. The Morgan fingerprint density at radius 2 is 1.45 bits per heavy atom. The summed E-state index contributed by atoms with van der Waals surface area (Å²) >= 11 is 0. The van der Waals surface area contributed by atoms with E-state index in [-0.39, 0.29) is 5.41 Å². The predicted molar refractivity (Wildman–Crippen MR) is 175 cm³/mol. The molecule has 4 aromatic carbocycles. The van der Waals surface area contributed by atoms with E-state index in [0.29, 0.717) is 0 Å². The summed E-state index contributed by atoms with van der Waals surface area (Å²) in [5.41, 5.74) is 13.0. The van der Waals surface area contributed by atoms with Crippen LogP contribution in [0.15, 0.2) is 139 Å². The number of hydrogen-bond donors (Lipinski definition) is 1. The van der Waals surface area contributed by atoms with E-state index in [0.717, 1.165) is 0 Å². The minimum absolute atomic E-state index is 0.0972. The first-order chi connectivity index (χ1) is 19.4. The molecule has 0 amide bonds. The van der Waals surface area contributed by atoms with Crippen molar-refractivity contribution in [1.29, 1.82) is 0 Å². The molecule has 202 valence electrons. The molecule has 1 atom stereocenters. The molecule has 0 aliphatic heterocycles. The van der Waals surface area contributed by atoms with Crippen molar-refractivity contribution in [2.24, 2.45) is 0 Å². The third kappa shape index (κ3) is 6.26. The molecule has 1 unspecified atom stereocenters. The molecule has 0 spiro atoms. The summed E-state index contributed by atoms with van der Waals surface area (Å²) in [5.74, 6) is 0. The molecule has 0 heterocycles. The highest BCUT2D eigenvalue weighted by atomic mass is 14.8. The highest BCUT2D eigenvalue weighted by molar-refractivity contribution is 5.83. The van der Waals surface area contributed by atoms with Gasteiger partial charge in [0.05, 0.1) is 0 Å². The molecule has 4 aromatic rings. The average Bonchev–Trinajstić information content (AvgIpc) is 3.21. The van der Waals surface area contributed by atoms with Crippen molar-refractivity contribution in [2.45, 2.75) is 40.0 Å². The van der Waals surface area contributed by atoms with Gasteiger partial charge in [-0.05, 0) is 85.2 Å². The Labute approximate surface area is 241 Å². The van der Waals surface area contributed by atoms with Crippen LogP contribution in [0.4, 0.5) is 0 Å². The maximum atomic E-state index is 3.26. The van der Waals surface area contributed by atoms with Crippen LogP contribution < -0.4 is 5.32 Å². The lowest BCUT2D eigenvalue weighted by Crippen LogP contribution is -2.24. The van der Waals surface area contributed by atoms with E-state index < -0.39 is 0 Å². The topological polar surface area (TPSA) is 12.0 Å². The van der Waals surface area contributed by atoms with E-state index in [1.54, 1.807) is 0 Å². The van der Waals surface area contributed by atoms with Gasteiger partial charge >= 0.3 is 0 Å². The molecule has 1 N–H and O–H groups in total. The summed E-state index contributed by atoms with van der Waals surface area (Å²) < 4.78 is 0. The zero-order chi connectivity index (χ0) is 28.5. The first-order valence-electron chi connectivity index (χ1n) is 14.1. The largest absolute Gasteiger partial charge is 0.392 e. The minimum atomic E-state index is -0.0972. The lowest BCUT2D eigenvalue weighted by atomic mass is 9.73. The molecular weight excluding hydrogens is 482 g/mol. The number of fused-ring (bicyclic) bond motifs is 1. The first kappa shape index (κ1) is 28.6. The van der Waals surface area contributed by atoms with Gasteiger partial charge in [0.25, 0.3) is 0 Å². The quantitative estimate of drug-likeness (QED) is 0.248. The third-order valence-electron chi connectivity index (χ3n) is 7.77. The van der Waals surface area contributed by atoms with Gasteiger partial charge in [0.15, 0.2) is 0 Å². The van der Waals surface area contributed by atoms with E-state index in [1.807, 2.05) is 26.1 Å². The van der Waals surface area contributed by atoms with Gasteiger partial charge in [-0.3, -0.25) is 0 Å². The number of hydrogen-bond acceptors (Lipinski definition) is 1. The second-order valence-corrected chi connectivity index (χ2v) is 10.5. The molecule has 40 heavy (non-hydrogen) atoms. The van der Waals surface area contributed by atoms with Gasteiger partial charge in [0.2, 0.25) is 0 Å². The molecule has 1 nitrogen and oxygen atoms in total. The summed E-state index contributed by atoms with van der Waals surface area (Å²) in [6.45, 7) is 10.8. The number of aryl methyl sites for hydroxylation is 1. The molecule has 1 aliphatic carbocycles. The summed E-state index contributed by atoms with van der Waals surface area (Å²) in [6.07, 6.45) is 10.5. The highest BCUT2D eigenvalue weighted by Gasteiger charge is 2.40. The van der Waals surface area contributed by atoms with Gasteiger partial charge in [-0.1, -0.05) is 133 Å². The van der Waals surface area contributed by atoms with Gasteiger partial charge < -0.3 is 5.32 Å². The fourth-order valence-corrected chi connectivity index (χ4v) is 5.42. The van der Waals surface area contributed by atoms with Crippen molar-refractivity contribution >= 4 is 11.6 Å². The zero-order valence-electron chi connectivity index (χ0n) is 24.7. The molecule has 0 saturated carbocycles. The summed E-state index contributed by atoms with van der Waals surface area (Å²) in [5, 5.41) is 3.26. The Bertz CT molecular complexity index is 1550. The van der Waals surface area contributed by atoms with Gasteiger partial charge in [0.1, 0.15) is 0 Å². The van der Waals surface area contributed by atoms with Gasteiger partial charge in [-0.2, -0.15) is 0 Å². The molecule has 0 aromatic heterocycles. The lowest BCUT2D eigenvalue weighted by molar-refractivity contribution is 0.704. The van der Waals surface area contributed by atoms with E-state index >= 15 is 0 Å². The minimum Gasteiger partial charge on any atom is -0.392 e. The van der Waals surface area contributed by atoms with Crippen LogP contribution in [0.25, 0.3) is 22.8 Å². The van der Waals surface area contributed by atoms with Crippen LogP contribution in [0.3, 0.4) is 0 Å². The summed E-state index contributed by atoms with van der Waals surface area (Å²) in [4.78, 5) is 0. The van der Waals surface area contributed by atoms with Gasteiger partial charge in [-0.15, -0.1) is 0 Å². The van der Waals surface area contributed by atoms with Crippen LogP contribution >= 0.6 is 0 Å².